The molecule has 1 aromatic heterocycles. The number of para-hydroxylation sites is 1. The van der Waals surface area contributed by atoms with Gasteiger partial charge in [-0.3, -0.25) is 4.90 Å². The Balaban J connectivity index is 1.41. The number of aromatic nitrogens is 2. The van der Waals surface area contributed by atoms with E-state index in [9.17, 15) is 13.2 Å². The first-order chi connectivity index (χ1) is 15.0. The molecule has 0 spiro atoms. The van der Waals surface area contributed by atoms with Gasteiger partial charge in [-0.15, -0.1) is 0 Å². The molecule has 0 aliphatic carbocycles. The fourth-order valence-electron chi connectivity index (χ4n) is 3.78. The predicted molar refractivity (Wildman–Crippen MR) is 115 cm³/mol. The number of anilines is 1. The summed E-state index contributed by atoms with van der Waals surface area (Å²) in [6.45, 7) is 2.95. The second-order valence-electron chi connectivity index (χ2n) is 7.60. The van der Waals surface area contributed by atoms with E-state index >= 15 is 0 Å². The zero-order chi connectivity index (χ0) is 21.7. The van der Waals surface area contributed by atoms with Gasteiger partial charge < -0.3 is 9.64 Å². The Morgan fingerprint density at radius 3 is 2.32 bits per heavy atom. The number of hydrogen-bond acceptors (Lipinski definition) is 5. The summed E-state index contributed by atoms with van der Waals surface area (Å²) >= 11 is 0. The molecule has 2 aromatic carbocycles. The second kappa shape index (κ2) is 9.62. The van der Waals surface area contributed by atoms with Crippen LogP contribution in [0.15, 0.2) is 54.6 Å². The molecule has 8 heteroatoms. The summed E-state index contributed by atoms with van der Waals surface area (Å²) in [6.07, 6.45) is -3.67. The first-order valence-corrected chi connectivity index (χ1v) is 10.4. The minimum atomic E-state index is -4.26. The molecule has 1 fully saturated rings. The van der Waals surface area contributed by atoms with E-state index in [2.05, 4.69) is 9.80 Å². The highest BCUT2D eigenvalue weighted by molar-refractivity contribution is 5.91. The van der Waals surface area contributed by atoms with Crippen LogP contribution in [0.3, 0.4) is 0 Å². The van der Waals surface area contributed by atoms with Crippen LogP contribution in [0.5, 0.6) is 0 Å². The van der Waals surface area contributed by atoms with E-state index in [1.54, 1.807) is 0 Å². The number of alkyl halides is 3. The Bertz CT molecular complexity index is 989. The first kappa shape index (κ1) is 21.5. The van der Waals surface area contributed by atoms with Gasteiger partial charge >= 0.3 is 6.18 Å². The lowest BCUT2D eigenvalue weighted by Gasteiger charge is -2.36. The molecule has 1 saturated heterocycles. The fraction of sp³-hybridized carbons (Fsp3) is 0.391. The number of hydrogen-bond donors (Lipinski definition) is 0. The first-order valence-electron chi connectivity index (χ1n) is 10.4. The van der Waals surface area contributed by atoms with Crippen molar-refractivity contribution >= 4 is 16.7 Å². The van der Waals surface area contributed by atoms with Crippen molar-refractivity contribution < 1.29 is 17.9 Å². The monoisotopic (exact) mass is 430 g/mol. The fourth-order valence-corrected chi connectivity index (χ4v) is 3.78. The summed E-state index contributed by atoms with van der Waals surface area (Å²) < 4.78 is 41.1. The van der Waals surface area contributed by atoms with Crippen LogP contribution in [0, 0.1) is 0 Å². The molecule has 2 heterocycles. The normalized spacial score (nSPS) is 15.5. The molecule has 4 rings (SSSR count). The lowest BCUT2D eigenvalue weighted by Crippen LogP contribution is -2.47. The molecule has 1 aliphatic rings. The Hall–Kier alpha value is -2.71. The summed E-state index contributed by atoms with van der Waals surface area (Å²) in [5.74, 6) is 1.64. The zero-order valence-corrected chi connectivity index (χ0v) is 17.2. The Morgan fingerprint density at radius 1 is 0.871 bits per heavy atom. The Kier molecular flexibility index (Phi) is 6.67. The molecule has 3 aromatic rings. The van der Waals surface area contributed by atoms with E-state index in [0.717, 1.165) is 55.0 Å². The number of nitrogens with zero attached hydrogens (tertiary/aromatic N) is 4. The van der Waals surface area contributed by atoms with Gasteiger partial charge in [-0.05, 0) is 18.6 Å². The van der Waals surface area contributed by atoms with Gasteiger partial charge in [0.15, 0.2) is 5.82 Å². The van der Waals surface area contributed by atoms with Crippen LogP contribution in [0.4, 0.5) is 19.0 Å². The minimum absolute atomic E-state index is 0.122. The third-order valence-electron chi connectivity index (χ3n) is 5.32. The molecular weight excluding hydrogens is 405 g/mol. The maximum atomic E-state index is 12.1. The van der Waals surface area contributed by atoms with E-state index < -0.39 is 12.8 Å². The largest absolute Gasteiger partial charge is 0.411 e. The third-order valence-corrected chi connectivity index (χ3v) is 5.32. The van der Waals surface area contributed by atoms with Crippen LogP contribution in [-0.4, -0.2) is 67.0 Å². The number of halogens is 3. The van der Waals surface area contributed by atoms with Crippen LogP contribution in [0.1, 0.15) is 6.42 Å². The lowest BCUT2D eigenvalue weighted by atomic mass is 10.1. The van der Waals surface area contributed by atoms with Gasteiger partial charge in [0, 0.05) is 50.3 Å². The average molecular weight is 430 g/mol. The lowest BCUT2D eigenvalue weighted by molar-refractivity contribution is -0.174. The number of rotatable bonds is 7. The molecule has 0 atom stereocenters. The van der Waals surface area contributed by atoms with Crippen molar-refractivity contribution in [3.8, 4) is 11.4 Å². The number of ether oxygens (including phenoxy) is 1. The van der Waals surface area contributed by atoms with Gasteiger partial charge in [0.1, 0.15) is 12.4 Å². The molecule has 164 valence electrons. The van der Waals surface area contributed by atoms with Crippen molar-refractivity contribution in [2.24, 2.45) is 0 Å². The summed E-state index contributed by atoms with van der Waals surface area (Å²) in [4.78, 5) is 14.2. The molecule has 0 N–H and O–H groups in total. The van der Waals surface area contributed by atoms with Crippen molar-refractivity contribution in [2.45, 2.75) is 12.6 Å². The molecule has 1 aliphatic heterocycles. The summed E-state index contributed by atoms with van der Waals surface area (Å²) in [7, 11) is 0. The van der Waals surface area contributed by atoms with Crippen molar-refractivity contribution in [1.29, 1.82) is 0 Å². The number of fused-ring (bicyclic) bond motifs is 1. The molecule has 0 amide bonds. The summed E-state index contributed by atoms with van der Waals surface area (Å²) in [5, 5.41) is 1.02. The van der Waals surface area contributed by atoms with Gasteiger partial charge in [-0.25, -0.2) is 9.97 Å². The van der Waals surface area contributed by atoms with E-state index in [1.807, 2.05) is 54.6 Å². The van der Waals surface area contributed by atoms with Crippen molar-refractivity contribution in [3.63, 3.8) is 0 Å². The van der Waals surface area contributed by atoms with Crippen LogP contribution >= 0.6 is 0 Å². The van der Waals surface area contributed by atoms with E-state index in [1.165, 1.54) is 0 Å². The number of piperazine rings is 1. The molecule has 5 nitrogen and oxygen atoms in total. The zero-order valence-electron chi connectivity index (χ0n) is 17.2. The Labute approximate surface area is 179 Å². The molecule has 0 saturated carbocycles. The van der Waals surface area contributed by atoms with Crippen molar-refractivity contribution in [2.75, 3.05) is 50.8 Å². The van der Waals surface area contributed by atoms with Gasteiger partial charge in [-0.2, -0.15) is 13.2 Å². The van der Waals surface area contributed by atoms with Crippen LogP contribution in [-0.2, 0) is 4.74 Å². The van der Waals surface area contributed by atoms with E-state index in [4.69, 9.17) is 14.7 Å². The topological polar surface area (TPSA) is 41.5 Å². The highest BCUT2D eigenvalue weighted by Crippen LogP contribution is 2.28. The molecule has 0 radical (unpaired) electrons. The van der Waals surface area contributed by atoms with E-state index in [-0.39, 0.29) is 6.61 Å². The molecule has 0 unspecified atom stereocenters. The molecular formula is C23H25F3N4O. The van der Waals surface area contributed by atoms with Gasteiger partial charge in [0.05, 0.1) is 5.52 Å². The number of benzene rings is 2. The van der Waals surface area contributed by atoms with Gasteiger partial charge in [0.2, 0.25) is 0 Å². The second-order valence-corrected chi connectivity index (χ2v) is 7.60. The average Bonchev–Trinajstić information content (AvgIpc) is 2.78. The maximum absolute atomic E-state index is 12.1. The minimum Gasteiger partial charge on any atom is -0.372 e. The van der Waals surface area contributed by atoms with E-state index in [0.29, 0.717) is 12.2 Å². The van der Waals surface area contributed by atoms with Gasteiger partial charge in [0.25, 0.3) is 0 Å². The Morgan fingerprint density at radius 2 is 1.58 bits per heavy atom. The van der Waals surface area contributed by atoms with Crippen LogP contribution in [0.2, 0.25) is 0 Å². The summed E-state index contributed by atoms with van der Waals surface area (Å²) in [5.41, 5.74) is 1.89. The quantitative estimate of drug-likeness (QED) is 0.520. The molecule has 0 bridgehead atoms. The standard InChI is InChI=1S/C23H25F3N4O/c24-23(25,26)17-31-16-6-11-29-12-14-30(15-13-29)22-19-9-4-5-10-20(19)27-21(28-22)18-7-2-1-3-8-18/h1-5,7-10H,6,11-17H2. The SMILES string of the molecule is FC(F)(F)COCCCN1CCN(c2nc(-c3ccccc3)nc3ccccc23)CC1. The third kappa shape index (κ3) is 5.71. The smallest absolute Gasteiger partial charge is 0.372 e. The van der Waals surface area contributed by atoms with Crippen molar-refractivity contribution in [1.82, 2.24) is 14.9 Å². The van der Waals surface area contributed by atoms with Crippen molar-refractivity contribution in [3.05, 3.63) is 54.6 Å². The predicted octanol–water partition coefficient (Wildman–Crippen LogP) is 4.39. The van der Waals surface area contributed by atoms with Crippen LogP contribution in [0.25, 0.3) is 22.3 Å². The molecule has 31 heavy (non-hydrogen) atoms. The highest BCUT2D eigenvalue weighted by atomic mass is 19.4. The maximum Gasteiger partial charge on any atom is 0.411 e. The highest BCUT2D eigenvalue weighted by Gasteiger charge is 2.27. The van der Waals surface area contributed by atoms with Crippen LogP contribution < -0.4 is 4.90 Å². The van der Waals surface area contributed by atoms with Gasteiger partial charge in [-0.1, -0.05) is 42.5 Å². The summed E-state index contributed by atoms with van der Waals surface area (Å²) in [6, 6.07) is 18.0.